The summed E-state index contributed by atoms with van der Waals surface area (Å²) < 4.78 is 10.8. The number of benzene rings is 1. The summed E-state index contributed by atoms with van der Waals surface area (Å²) in [6.45, 7) is 0.661. The van der Waals surface area contributed by atoms with Gasteiger partial charge < -0.3 is 25.3 Å². The molecule has 0 bridgehead atoms. The summed E-state index contributed by atoms with van der Waals surface area (Å²) in [6.07, 6.45) is 0.109. The molecule has 1 aromatic carbocycles. The van der Waals surface area contributed by atoms with Crippen LogP contribution in [0.2, 0.25) is 5.02 Å². The van der Waals surface area contributed by atoms with E-state index in [2.05, 4.69) is 0 Å². The normalized spacial score (nSPS) is 16.2. The predicted octanol–water partition coefficient (Wildman–Crippen LogP) is 0.662. The molecule has 0 saturated carbocycles. The Bertz CT molecular complexity index is 438. The van der Waals surface area contributed by atoms with Gasteiger partial charge in [0.05, 0.1) is 12.7 Å². The number of aliphatic hydroxyl groups is 1. The summed E-state index contributed by atoms with van der Waals surface area (Å²) >= 11 is 6.10. The first-order valence-corrected chi connectivity index (χ1v) is 6.16. The zero-order valence-electron chi connectivity index (χ0n) is 10.6. The van der Waals surface area contributed by atoms with Crippen LogP contribution in [0.4, 0.5) is 0 Å². The van der Waals surface area contributed by atoms with Crippen molar-refractivity contribution < 1.29 is 19.5 Å². The maximum atomic E-state index is 9.88. The molecule has 1 unspecified atom stereocenters. The van der Waals surface area contributed by atoms with Crippen LogP contribution in [0.5, 0.6) is 5.75 Å². The van der Waals surface area contributed by atoms with Gasteiger partial charge in [-0.3, -0.25) is 0 Å². The van der Waals surface area contributed by atoms with Crippen molar-refractivity contribution in [1.29, 1.82) is 0 Å². The number of hydrogen-bond acceptors (Lipinski definition) is 5. The summed E-state index contributed by atoms with van der Waals surface area (Å²) in [5.41, 5.74) is 6.81. The SMILES string of the molecule is Cl.Cl.NCC1OB(O)c2c(OCCCO)ccc(Cl)c21. The summed E-state index contributed by atoms with van der Waals surface area (Å²) in [7, 11) is -1.07. The Balaban J connectivity index is 0.00000180. The van der Waals surface area contributed by atoms with Crippen LogP contribution in [0.3, 0.4) is 0 Å². The van der Waals surface area contributed by atoms with E-state index >= 15 is 0 Å². The molecule has 1 aliphatic heterocycles. The van der Waals surface area contributed by atoms with Crippen molar-refractivity contribution in [2.75, 3.05) is 19.8 Å². The maximum Gasteiger partial charge on any atom is 0.495 e. The average Bonchev–Trinajstić information content (AvgIpc) is 2.71. The lowest BCUT2D eigenvalue weighted by Gasteiger charge is -2.13. The topological polar surface area (TPSA) is 84.9 Å². The van der Waals surface area contributed by atoms with Gasteiger partial charge in [-0.1, -0.05) is 11.6 Å². The van der Waals surface area contributed by atoms with Crippen LogP contribution in [0, 0.1) is 0 Å². The molecule has 0 fully saturated rings. The molecule has 1 atom stereocenters. The van der Waals surface area contributed by atoms with E-state index in [-0.39, 0.29) is 38.0 Å². The van der Waals surface area contributed by atoms with Gasteiger partial charge in [-0.05, 0) is 12.1 Å². The minimum atomic E-state index is -1.07. The second-order valence-electron chi connectivity index (χ2n) is 4.01. The lowest BCUT2D eigenvalue weighted by atomic mass is 9.78. The third-order valence-corrected chi connectivity index (χ3v) is 3.16. The van der Waals surface area contributed by atoms with Gasteiger partial charge >= 0.3 is 7.12 Å². The molecule has 0 aromatic heterocycles. The fraction of sp³-hybridized carbons (Fsp3) is 0.455. The van der Waals surface area contributed by atoms with Crippen molar-refractivity contribution in [3.05, 3.63) is 22.7 Å². The Morgan fingerprint density at radius 1 is 1.40 bits per heavy atom. The number of hydrogen-bond donors (Lipinski definition) is 3. The number of rotatable bonds is 5. The first-order valence-electron chi connectivity index (χ1n) is 5.78. The third-order valence-electron chi connectivity index (χ3n) is 2.83. The number of nitrogens with two attached hydrogens (primary N) is 1. The molecule has 20 heavy (non-hydrogen) atoms. The van der Waals surface area contributed by atoms with E-state index in [9.17, 15) is 5.02 Å². The van der Waals surface area contributed by atoms with E-state index in [0.29, 0.717) is 34.8 Å². The van der Waals surface area contributed by atoms with Gasteiger partial charge in [-0.15, -0.1) is 24.8 Å². The number of halogens is 3. The summed E-state index contributed by atoms with van der Waals surface area (Å²) in [6, 6.07) is 3.38. The molecule has 1 heterocycles. The minimum absolute atomic E-state index is 0. The van der Waals surface area contributed by atoms with Crippen molar-refractivity contribution in [2.24, 2.45) is 5.73 Å². The lowest BCUT2D eigenvalue weighted by Crippen LogP contribution is -2.30. The van der Waals surface area contributed by atoms with Gasteiger partial charge in [0.1, 0.15) is 5.75 Å². The van der Waals surface area contributed by atoms with Crippen LogP contribution in [-0.2, 0) is 4.65 Å². The minimum Gasteiger partial charge on any atom is -0.494 e. The van der Waals surface area contributed by atoms with Gasteiger partial charge in [0.25, 0.3) is 0 Å². The van der Waals surface area contributed by atoms with E-state index in [1.54, 1.807) is 12.1 Å². The Hall–Kier alpha value is -0.205. The number of aliphatic hydroxyl groups excluding tert-OH is 1. The maximum absolute atomic E-state index is 9.88. The van der Waals surface area contributed by atoms with Gasteiger partial charge in [-0.25, -0.2) is 0 Å². The number of fused-ring (bicyclic) bond motifs is 1. The van der Waals surface area contributed by atoms with Crippen LogP contribution in [0.25, 0.3) is 0 Å². The quantitative estimate of drug-likeness (QED) is 0.540. The summed E-state index contributed by atoms with van der Waals surface area (Å²) in [5, 5.41) is 19.1. The zero-order valence-corrected chi connectivity index (χ0v) is 13.0. The highest BCUT2D eigenvalue weighted by atomic mass is 35.5. The van der Waals surface area contributed by atoms with Gasteiger partial charge in [0, 0.05) is 35.6 Å². The van der Waals surface area contributed by atoms with Gasteiger partial charge in [0.15, 0.2) is 0 Å². The second-order valence-corrected chi connectivity index (χ2v) is 4.42. The molecule has 1 aliphatic rings. The van der Waals surface area contributed by atoms with Crippen molar-refractivity contribution in [3.8, 4) is 5.75 Å². The van der Waals surface area contributed by atoms with E-state index in [0.717, 1.165) is 0 Å². The van der Waals surface area contributed by atoms with Gasteiger partial charge in [0.2, 0.25) is 0 Å². The molecule has 114 valence electrons. The smallest absolute Gasteiger partial charge is 0.494 e. The largest absolute Gasteiger partial charge is 0.495 e. The van der Waals surface area contributed by atoms with Crippen molar-refractivity contribution in [2.45, 2.75) is 12.5 Å². The standard InChI is InChI=1S/C11H15BClNO4.2ClH/c13-7-2-3-8(17-5-1-4-15)11-10(7)9(6-14)18-12(11)16;;/h2-3,9,15-16H,1,4-6,14H2;2*1H. The van der Waals surface area contributed by atoms with Crippen molar-refractivity contribution in [3.63, 3.8) is 0 Å². The molecular formula is C11H17BCl3NO4. The number of ether oxygens (including phenoxy) is 1. The molecule has 1 aromatic rings. The molecular weight excluding hydrogens is 327 g/mol. The van der Waals surface area contributed by atoms with Crippen molar-refractivity contribution >= 4 is 49.0 Å². The first-order chi connectivity index (χ1) is 8.69. The molecule has 0 saturated heterocycles. The van der Waals surface area contributed by atoms with Crippen LogP contribution in [0.15, 0.2) is 12.1 Å². The molecule has 2 rings (SSSR count). The lowest BCUT2D eigenvalue weighted by molar-refractivity contribution is 0.198. The predicted molar refractivity (Wildman–Crippen MR) is 83.6 cm³/mol. The van der Waals surface area contributed by atoms with E-state index in [4.69, 9.17) is 31.8 Å². The fourth-order valence-electron chi connectivity index (χ4n) is 2.01. The monoisotopic (exact) mass is 343 g/mol. The first kappa shape index (κ1) is 19.8. The Morgan fingerprint density at radius 2 is 2.10 bits per heavy atom. The van der Waals surface area contributed by atoms with E-state index in [1.165, 1.54) is 0 Å². The summed E-state index contributed by atoms with van der Waals surface area (Å²) in [4.78, 5) is 0. The van der Waals surface area contributed by atoms with E-state index < -0.39 is 13.2 Å². The molecule has 9 heteroatoms. The molecule has 5 nitrogen and oxygen atoms in total. The Labute approximate surface area is 135 Å². The molecule has 4 N–H and O–H groups in total. The second kappa shape index (κ2) is 8.94. The van der Waals surface area contributed by atoms with Gasteiger partial charge in [-0.2, -0.15) is 0 Å². The summed E-state index contributed by atoms with van der Waals surface area (Å²) in [5.74, 6) is 0.520. The highest BCUT2D eigenvalue weighted by Crippen LogP contribution is 2.32. The van der Waals surface area contributed by atoms with Crippen molar-refractivity contribution in [1.82, 2.24) is 0 Å². The Morgan fingerprint density at radius 3 is 2.70 bits per heavy atom. The van der Waals surface area contributed by atoms with Crippen LogP contribution < -0.4 is 15.9 Å². The highest BCUT2D eigenvalue weighted by Gasteiger charge is 2.39. The molecule has 0 amide bonds. The van der Waals surface area contributed by atoms with Crippen LogP contribution in [0.1, 0.15) is 18.1 Å². The van der Waals surface area contributed by atoms with Crippen LogP contribution >= 0.6 is 36.4 Å². The fourth-order valence-corrected chi connectivity index (χ4v) is 2.30. The highest BCUT2D eigenvalue weighted by molar-refractivity contribution is 6.63. The molecule has 0 aliphatic carbocycles. The molecule has 0 spiro atoms. The van der Waals surface area contributed by atoms with E-state index in [1.807, 2.05) is 0 Å². The zero-order chi connectivity index (χ0) is 13.1. The van der Waals surface area contributed by atoms with Crippen LogP contribution in [-0.4, -0.2) is 37.0 Å². The third kappa shape index (κ3) is 3.92. The molecule has 0 radical (unpaired) electrons. The average molecular weight is 344 g/mol. The Kier molecular flexibility index (Phi) is 8.85.